The molecule has 1 aliphatic heterocycles. The fourth-order valence-electron chi connectivity index (χ4n) is 3.62. The Morgan fingerprint density at radius 2 is 2.00 bits per heavy atom. The summed E-state index contributed by atoms with van der Waals surface area (Å²) in [6, 6.07) is 13.7. The largest absolute Gasteiger partial charge is 0.312 e. The number of aryl methyl sites for hydroxylation is 2. The van der Waals surface area contributed by atoms with Gasteiger partial charge in [0.2, 0.25) is 11.0 Å². The van der Waals surface area contributed by atoms with Gasteiger partial charge in [0.1, 0.15) is 5.01 Å². The van der Waals surface area contributed by atoms with Crippen molar-refractivity contribution in [3.63, 3.8) is 0 Å². The summed E-state index contributed by atoms with van der Waals surface area (Å²) in [6.45, 7) is 6.80. The number of nitrogens with one attached hydrogen (secondary N) is 1. The molecule has 166 valence electrons. The second kappa shape index (κ2) is 9.83. The number of benzene rings is 2. The number of hydrogen-bond acceptors (Lipinski definition) is 6. The number of aromatic nitrogens is 2. The molecular formula is C24H26N4O2S2. The first-order valence-electron chi connectivity index (χ1n) is 10.7. The summed E-state index contributed by atoms with van der Waals surface area (Å²) in [5.41, 5.74) is 3.92. The van der Waals surface area contributed by atoms with Crippen molar-refractivity contribution in [3.05, 3.63) is 64.2 Å². The number of nitrogens with zero attached hydrogens (tertiary/aromatic N) is 3. The van der Waals surface area contributed by atoms with E-state index in [4.69, 9.17) is 0 Å². The molecule has 4 rings (SSSR count). The number of carbonyl (C=O) groups is 2. The van der Waals surface area contributed by atoms with Crippen LogP contribution in [0.3, 0.4) is 0 Å². The number of hydrogen-bond donors (Lipinski definition) is 1. The minimum atomic E-state index is -0.189. The number of anilines is 2. The summed E-state index contributed by atoms with van der Waals surface area (Å²) in [7, 11) is 0. The van der Waals surface area contributed by atoms with E-state index in [0.717, 1.165) is 33.3 Å². The molecule has 0 saturated carbocycles. The Morgan fingerprint density at radius 1 is 1.19 bits per heavy atom. The summed E-state index contributed by atoms with van der Waals surface area (Å²) in [5.74, 6) is 0.826. The van der Waals surface area contributed by atoms with Crippen molar-refractivity contribution in [1.29, 1.82) is 0 Å². The highest BCUT2D eigenvalue weighted by molar-refractivity contribution is 7.99. The molecule has 3 aromatic rings. The lowest BCUT2D eigenvalue weighted by Crippen LogP contribution is -2.24. The van der Waals surface area contributed by atoms with Crippen LogP contribution in [0.25, 0.3) is 0 Å². The number of thioether (sulfide) groups is 1. The average Bonchev–Trinajstić information content (AvgIpc) is 3.41. The first-order valence-corrected chi connectivity index (χ1v) is 12.5. The Balaban J connectivity index is 1.45. The second-order valence-electron chi connectivity index (χ2n) is 7.92. The minimum Gasteiger partial charge on any atom is -0.312 e. The SMILES string of the molecule is CCCSc1ccccc1C(=O)Nc1nnc(C2CC(=O)N(c3ccc(C)c(C)c3)C2)s1. The predicted molar refractivity (Wildman–Crippen MR) is 131 cm³/mol. The standard InChI is InChI=1S/C24H26N4O2S2/c1-4-11-31-20-8-6-5-7-19(20)22(30)25-24-27-26-23(32-24)17-13-21(29)28(14-17)18-10-9-15(2)16(3)12-18/h5-10,12,17H,4,11,13-14H2,1-3H3,(H,25,27,30). The van der Waals surface area contributed by atoms with E-state index in [1.807, 2.05) is 41.3 Å². The number of carbonyl (C=O) groups excluding carboxylic acids is 2. The molecule has 0 bridgehead atoms. The van der Waals surface area contributed by atoms with Gasteiger partial charge in [-0.05, 0) is 61.4 Å². The van der Waals surface area contributed by atoms with Gasteiger partial charge in [-0.2, -0.15) is 0 Å². The highest BCUT2D eigenvalue weighted by Crippen LogP contribution is 2.35. The van der Waals surface area contributed by atoms with Gasteiger partial charge in [-0.25, -0.2) is 0 Å². The van der Waals surface area contributed by atoms with Crippen molar-refractivity contribution < 1.29 is 9.59 Å². The van der Waals surface area contributed by atoms with Crippen molar-refractivity contribution in [2.24, 2.45) is 0 Å². The maximum Gasteiger partial charge on any atom is 0.258 e. The van der Waals surface area contributed by atoms with Crippen LogP contribution in [0.4, 0.5) is 10.8 Å². The van der Waals surface area contributed by atoms with E-state index in [1.54, 1.807) is 11.8 Å². The van der Waals surface area contributed by atoms with Crippen LogP contribution in [0, 0.1) is 13.8 Å². The van der Waals surface area contributed by atoms with Gasteiger partial charge in [0.05, 0.1) is 5.56 Å². The lowest BCUT2D eigenvalue weighted by atomic mass is 10.1. The van der Waals surface area contributed by atoms with Crippen molar-refractivity contribution in [2.45, 2.75) is 44.4 Å². The second-order valence-corrected chi connectivity index (χ2v) is 10.1. The summed E-state index contributed by atoms with van der Waals surface area (Å²) in [6.07, 6.45) is 1.44. The summed E-state index contributed by atoms with van der Waals surface area (Å²) < 4.78 is 0. The molecule has 1 N–H and O–H groups in total. The van der Waals surface area contributed by atoms with Crippen LogP contribution in [0.15, 0.2) is 47.4 Å². The van der Waals surface area contributed by atoms with E-state index in [0.29, 0.717) is 23.7 Å². The van der Waals surface area contributed by atoms with E-state index in [9.17, 15) is 9.59 Å². The third-order valence-corrected chi connectivity index (χ3v) is 7.81. The first-order chi connectivity index (χ1) is 15.5. The summed E-state index contributed by atoms with van der Waals surface area (Å²) in [5, 5.41) is 12.6. The molecule has 6 nitrogen and oxygen atoms in total. The fourth-order valence-corrected chi connectivity index (χ4v) is 5.37. The molecule has 2 aromatic carbocycles. The van der Waals surface area contributed by atoms with Gasteiger partial charge in [0.25, 0.3) is 5.91 Å². The highest BCUT2D eigenvalue weighted by Gasteiger charge is 2.34. The third kappa shape index (κ3) is 4.86. The summed E-state index contributed by atoms with van der Waals surface area (Å²) >= 11 is 3.02. The molecule has 8 heteroatoms. The van der Waals surface area contributed by atoms with Gasteiger partial charge in [0, 0.05) is 29.5 Å². The topological polar surface area (TPSA) is 75.2 Å². The van der Waals surface area contributed by atoms with E-state index < -0.39 is 0 Å². The zero-order valence-corrected chi connectivity index (χ0v) is 20.1. The lowest BCUT2D eigenvalue weighted by molar-refractivity contribution is -0.117. The molecule has 2 amide bonds. The molecule has 32 heavy (non-hydrogen) atoms. The average molecular weight is 467 g/mol. The molecule has 1 aromatic heterocycles. The molecule has 1 unspecified atom stereocenters. The monoisotopic (exact) mass is 466 g/mol. The van der Waals surface area contributed by atoms with Crippen LogP contribution in [0.5, 0.6) is 0 Å². The van der Waals surface area contributed by atoms with E-state index in [-0.39, 0.29) is 17.7 Å². The number of amides is 2. The van der Waals surface area contributed by atoms with Crippen LogP contribution in [0.1, 0.15) is 52.2 Å². The van der Waals surface area contributed by atoms with Gasteiger partial charge < -0.3 is 4.90 Å². The molecule has 2 heterocycles. The van der Waals surface area contributed by atoms with E-state index >= 15 is 0 Å². The van der Waals surface area contributed by atoms with Gasteiger partial charge in [-0.3, -0.25) is 14.9 Å². The molecular weight excluding hydrogens is 440 g/mol. The summed E-state index contributed by atoms with van der Waals surface area (Å²) in [4.78, 5) is 28.3. The van der Waals surface area contributed by atoms with Crippen LogP contribution in [-0.4, -0.2) is 34.3 Å². The fraction of sp³-hybridized carbons (Fsp3) is 0.333. The maximum atomic E-state index is 12.8. The molecule has 0 aliphatic carbocycles. The Morgan fingerprint density at radius 3 is 2.78 bits per heavy atom. The molecule has 1 fully saturated rings. The first kappa shape index (κ1) is 22.5. The molecule has 0 spiro atoms. The van der Waals surface area contributed by atoms with Crippen LogP contribution >= 0.6 is 23.1 Å². The van der Waals surface area contributed by atoms with E-state index in [2.05, 4.69) is 42.4 Å². The predicted octanol–water partition coefficient (Wildman–Crippen LogP) is 5.43. The molecule has 1 saturated heterocycles. The smallest absolute Gasteiger partial charge is 0.258 e. The zero-order chi connectivity index (χ0) is 22.7. The zero-order valence-electron chi connectivity index (χ0n) is 18.4. The highest BCUT2D eigenvalue weighted by atomic mass is 32.2. The Bertz CT molecular complexity index is 1140. The van der Waals surface area contributed by atoms with Gasteiger partial charge in [-0.15, -0.1) is 22.0 Å². The minimum absolute atomic E-state index is 0.0281. The third-order valence-electron chi connectivity index (χ3n) is 5.53. The maximum absolute atomic E-state index is 12.8. The van der Waals surface area contributed by atoms with Gasteiger partial charge in [0.15, 0.2) is 0 Å². The van der Waals surface area contributed by atoms with Crippen LogP contribution in [-0.2, 0) is 4.79 Å². The van der Waals surface area contributed by atoms with Gasteiger partial charge in [-0.1, -0.05) is 36.5 Å². The normalized spacial score (nSPS) is 15.9. The molecule has 1 aliphatic rings. The Hall–Kier alpha value is -2.71. The van der Waals surface area contributed by atoms with Crippen molar-refractivity contribution in [1.82, 2.24) is 10.2 Å². The quantitative estimate of drug-likeness (QED) is 0.470. The van der Waals surface area contributed by atoms with Crippen molar-refractivity contribution in [2.75, 3.05) is 22.5 Å². The van der Waals surface area contributed by atoms with Crippen LogP contribution in [0.2, 0.25) is 0 Å². The Labute approximate surface area is 196 Å². The Kier molecular flexibility index (Phi) is 6.91. The molecule has 1 atom stereocenters. The molecule has 0 radical (unpaired) electrons. The van der Waals surface area contributed by atoms with E-state index in [1.165, 1.54) is 16.9 Å². The number of rotatable bonds is 7. The van der Waals surface area contributed by atoms with Crippen LogP contribution < -0.4 is 10.2 Å². The van der Waals surface area contributed by atoms with Crippen molar-refractivity contribution in [3.8, 4) is 0 Å². The van der Waals surface area contributed by atoms with Crippen molar-refractivity contribution >= 4 is 45.7 Å². The van der Waals surface area contributed by atoms with Gasteiger partial charge >= 0.3 is 0 Å². The lowest BCUT2D eigenvalue weighted by Gasteiger charge is -2.17.